The molecular formula is C8H16N2O. The molecule has 0 bridgehead atoms. The molecule has 1 aliphatic heterocycles. The monoisotopic (exact) mass is 156 g/mol. The Kier molecular flexibility index (Phi) is 3.36. The summed E-state index contributed by atoms with van der Waals surface area (Å²) in [7, 11) is 0. The van der Waals surface area contributed by atoms with Gasteiger partial charge >= 0.3 is 0 Å². The fraction of sp³-hybridized carbons (Fsp3) is 0.875. The van der Waals surface area contributed by atoms with Gasteiger partial charge in [0.25, 0.3) is 0 Å². The number of hydrogen-bond acceptors (Lipinski definition) is 2. The van der Waals surface area contributed by atoms with Gasteiger partial charge in [-0.05, 0) is 12.8 Å². The lowest BCUT2D eigenvalue weighted by atomic mass is 10.2. The average Bonchev–Trinajstić information content (AvgIpc) is 2.40. The van der Waals surface area contributed by atoms with Crippen LogP contribution < -0.4 is 5.73 Å². The van der Waals surface area contributed by atoms with Crippen molar-refractivity contribution in [3.63, 3.8) is 0 Å². The first kappa shape index (κ1) is 8.53. The largest absolute Gasteiger partial charge is 0.387 e. The number of nitrogens with zero attached hydrogens (tertiary/aromatic N) is 1. The normalized spacial score (nSPS) is 25.9. The first-order valence-corrected chi connectivity index (χ1v) is 4.22. The third-order valence-electron chi connectivity index (χ3n) is 1.76. The molecule has 1 rings (SSSR count). The number of hydrogen-bond donors (Lipinski definition) is 1. The van der Waals surface area contributed by atoms with Crippen molar-refractivity contribution in [1.29, 1.82) is 0 Å². The van der Waals surface area contributed by atoms with E-state index in [0.29, 0.717) is 6.04 Å². The first-order chi connectivity index (χ1) is 5.33. The van der Waals surface area contributed by atoms with E-state index in [1.54, 1.807) is 0 Å². The molecule has 0 aliphatic carbocycles. The van der Waals surface area contributed by atoms with E-state index in [1.165, 1.54) is 0 Å². The summed E-state index contributed by atoms with van der Waals surface area (Å²) in [5.41, 5.74) is 5.66. The van der Waals surface area contributed by atoms with Crippen LogP contribution in [0.5, 0.6) is 0 Å². The van der Waals surface area contributed by atoms with Gasteiger partial charge in [0.05, 0.1) is 18.5 Å². The topological polar surface area (TPSA) is 47.6 Å². The predicted octanol–water partition coefficient (Wildman–Crippen LogP) is 0.933. The van der Waals surface area contributed by atoms with Crippen molar-refractivity contribution in [2.45, 2.75) is 32.2 Å². The molecule has 0 radical (unpaired) electrons. The molecule has 0 saturated carbocycles. The molecule has 11 heavy (non-hydrogen) atoms. The van der Waals surface area contributed by atoms with E-state index < -0.39 is 0 Å². The fourth-order valence-corrected chi connectivity index (χ4v) is 1.18. The highest BCUT2D eigenvalue weighted by atomic mass is 16.5. The first-order valence-electron chi connectivity index (χ1n) is 4.22. The molecule has 64 valence electrons. The Morgan fingerprint density at radius 2 is 2.55 bits per heavy atom. The van der Waals surface area contributed by atoms with Gasteiger partial charge in [0.15, 0.2) is 0 Å². The maximum atomic E-state index is 5.66. The standard InChI is InChI=1S/C8H16N2O/c1-2-3-8(9)10-7-4-5-11-6-7/h7H,2-6H2,1H3,(H2,9,10). The summed E-state index contributed by atoms with van der Waals surface area (Å²) in [6, 6.07) is 0.335. The van der Waals surface area contributed by atoms with Gasteiger partial charge in [-0.15, -0.1) is 0 Å². The van der Waals surface area contributed by atoms with Crippen molar-refractivity contribution < 1.29 is 4.74 Å². The van der Waals surface area contributed by atoms with E-state index >= 15 is 0 Å². The molecule has 3 nitrogen and oxygen atoms in total. The van der Waals surface area contributed by atoms with Crippen molar-refractivity contribution in [3.05, 3.63) is 0 Å². The van der Waals surface area contributed by atoms with Gasteiger partial charge in [0.2, 0.25) is 0 Å². The zero-order valence-electron chi connectivity index (χ0n) is 7.05. The van der Waals surface area contributed by atoms with Gasteiger partial charge < -0.3 is 10.5 Å². The van der Waals surface area contributed by atoms with Crippen LogP contribution in [0, 0.1) is 0 Å². The predicted molar refractivity (Wildman–Crippen MR) is 45.8 cm³/mol. The zero-order valence-corrected chi connectivity index (χ0v) is 7.05. The van der Waals surface area contributed by atoms with Crippen LogP contribution in [0.4, 0.5) is 0 Å². The minimum absolute atomic E-state index is 0.335. The molecule has 1 heterocycles. The van der Waals surface area contributed by atoms with Crippen LogP contribution in [0.2, 0.25) is 0 Å². The molecule has 0 spiro atoms. The van der Waals surface area contributed by atoms with E-state index in [1.807, 2.05) is 0 Å². The third-order valence-corrected chi connectivity index (χ3v) is 1.76. The van der Waals surface area contributed by atoms with Gasteiger partial charge in [-0.2, -0.15) is 0 Å². The Bertz CT molecular complexity index is 139. The molecule has 1 saturated heterocycles. The van der Waals surface area contributed by atoms with E-state index in [2.05, 4.69) is 11.9 Å². The van der Waals surface area contributed by atoms with Crippen LogP contribution in [0.1, 0.15) is 26.2 Å². The van der Waals surface area contributed by atoms with Gasteiger partial charge in [-0.3, -0.25) is 4.99 Å². The number of amidine groups is 1. The average molecular weight is 156 g/mol. The van der Waals surface area contributed by atoms with E-state index in [4.69, 9.17) is 10.5 Å². The highest BCUT2D eigenvalue weighted by Crippen LogP contribution is 2.07. The Morgan fingerprint density at radius 1 is 1.73 bits per heavy atom. The van der Waals surface area contributed by atoms with Gasteiger partial charge in [-0.25, -0.2) is 0 Å². The minimum atomic E-state index is 0.335. The molecule has 1 fully saturated rings. The van der Waals surface area contributed by atoms with Gasteiger partial charge in [0, 0.05) is 13.0 Å². The molecule has 1 atom stereocenters. The second kappa shape index (κ2) is 4.34. The highest BCUT2D eigenvalue weighted by Gasteiger charge is 2.13. The molecule has 3 heteroatoms. The van der Waals surface area contributed by atoms with Crippen LogP contribution in [0.15, 0.2) is 4.99 Å². The maximum absolute atomic E-state index is 5.66. The van der Waals surface area contributed by atoms with Crippen LogP contribution >= 0.6 is 0 Å². The summed E-state index contributed by atoms with van der Waals surface area (Å²) < 4.78 is 5.17. The highest BCUT2D eigenvalue weighted by molar-refractivity contribution is 5.80. The molecule has 0 amide bonds. The number of rotatable bonds is 3. The van der Waals surface area contributed by atoms with Crippen LogP contribution in [-0.2, 0) is 4.74 Å². The molecule has 1 aliphatic rings. The quantitative estimate of drug-likeness (QED) is 0.488. The summed E-state index contributed by atoms with van der Waals surface area (Å²) in [5.74, 6) is 0.781. The van der Waals surface area contributed by atoms with Crippen molar-refractivity contribution in [1.82, 2.24) is 0 Å². The maximum Gasteiger partial charge on any atom is 0.0941 e. The SMILES string of the molecule is CCCC(N)=NC1CCOC1. The third kappa shape index (κ3) is 2.89. The summed E-state index contributed by atoms with van der Waals surface area (Å²) in [4.78, 5) is 4.34. The van der Waals surface area contributed by atoms with Crippen molar-refractivity contribution in [2.75, 3.05) is 13.2 Å². The smallest absolute Gasteiger partial charge is 0.0941 e. The summed E-state index contributed by atoms with van der Waals surface area (Å²) in [6.45, 7) is 3.70. The number of ether oxygens (including phenoxy) is 1. The number of nitrogens with two attached hydrogens (primary N) is 1. The minimum Gasteiger partial charge on any atom is -0.387 e. The molecular weight excluding hydrogens is 140 g/mol. The molecule has 2 N–H and O–H groups in total. The van der Waals surface area contributed by atoms with Gasteiger partial charge in [-0.1, -0.05) is 6.92 Å². The second-order valence-corrected chi connectivity index (χ2v) is 2.89. The zero-order chi connectivity index (χ0) is 8.10. The summed E-state index contributed by atoms with van der Waals surface area (Å²) in [5, 5.41) is 0. The molecule has 0 aromatic rings. The lowest BCUT2D eigenvalue weighted by Crippen LogP contribution is -2.16. The summed E-state index contributed by atoms with van der Waals surface area (Å²) in [6.07, 6.45) is 3.02. The number of aliphatic imine (C=N–C) groups is 1. The fourth-order valence-electron chi connectivity index (χ4n) is 1.18. The Morgan fingerprint density at radius 3 is 3.09 bits per heavy atom. The van der Waals surface area contributed by atoms with Crippen molar-refractivity contribution in [3.8, 4) is 0 Å². The van der Waals surface area contributed by atoms with E-state index in [9.17, 15) is 0 Å². The Balaban J connectivity index is 2.30. The van der Waals surface area contributed by atoms with Crippen LogP contribution in [0.25, 0.3) is 0 Å². The Labute approximate surface area is 67.6 Å². The Hall–Kier alpha value is -0.570. The lowest BCUT2D eigenvalue weighted by molar-refractivity contribution is 0.194. The molecule has 0 aromatic heterocycles. The van der Waals surface area contributed by atoms with Crippen molar-refractivity contribution in [2.24, 2.45) is 10.7 Å². The van der Waals surface area contributed by atoms with Crippen LogP contribution in [-0.4, -0.2) is 25.1 Å². The summed E-state index contributed by atoms with van der Waals surface area (Å²) >= 11 is 0. The van der Waals surface area contributed by atoms with Crippen LogP contribution in [0.3, 0.4) is 0 Å². The molecule has 1 unspecified atom stereocenters. The van der Waals surface area contributed by atoms with Crippen molar-refractivity contribution >= 4 is 5.84 Å². The lowest BCUT2D eigenvalue weighted by Gasteiger charge is -2.02. The van der Waals surface area contributed by atoms with E-state index in [-0.39, 0.29) is 0 Å². The van der Waals surface area contributed by atoms with E-state index in [0.717, 1.165) is 38.3 Å². The van der Waals surface area contributed by atoms with Gasteiger partial charge in [0.1, 0.15) is 0 Å². The molecule has 0 aromatic carbocycles. The second-order valence-electron chi connectivity index (χ2n) is 2.89.